The minimum atomic E-state index is 0.697. The molecule has 0 saturated heterocycles. The van der Waals surface area contributed by atoms with E-state index < -0.39 is 0 Å². The molecule has 0 aliphatic heterocycles. The maximum absolute atomic E-state index is 6.40. The molecule has 0 aliphatic rings. The van der Waals surface area contributed by atoms with Crippen molar-refractivity contribution in [2.75, 3.05) is 22.9 Å². The monoisotopic (exact) mass is 390 g/mol. The summed E-state index contributed by atoms with van der Waals surface area (Å²) < 4.78 is 0. The molecule has 0 amide bonds. The lowest BCUT2D eigenvalue weighted by molar-refractivity contribution is 1.62. The van der Waals surface area contributed by atoms with Crippen LogP contribution in [0.2, 0.25) is 0 Å². The van der Waals surface area contributed by atoms with E-state index in [9.17, 15) is 0 Å². The summed E-state index contributed by atoms with van der Waals surface area (Å²) in [4.78, 5) is 0. The van der Waals surface area contributed by atoms with Crippen molar-refractivity contribution in [2.24, 2.45) is 0 Å². The fourth-order valence-electron chi connectivity index (χ4n) is 4.31. The van der Waals surface area contributed by atoms with Crippen LogP contribution in [0.5, 0.6) is 0 Å². The summed E-state index contributed by atoms with van der Waals surface area (Å²) in [6, 6.07) is 27.8. The molecule has 0 atom stereocenters. The summed E-state index contributed by atoms with van der Waals surface area (Å²) in [6.45, 7) is 0. The van der Waals surface area contributed by atoms with Gasteiger partial charge in [-0.3, -0.25) is 0 Å². The second-order valence-electron chi connectivity index (χ2n) is 7.49. The van der Waals surface area contributed by atoms with Gasteiger partial charge in [-0.05, 0) is 45.8 Å². The van der Waals surface area contributed by atoms with Gasteiger partial charge in [0.05, 0.1) is 0 Å². The maximum Gasteiger partial charge on any atom is 0.0401 e. The molecule has 0 aromatic heterocycles. The molecule has 8 N–H and O–H groups in total. The molecule has 0 radical (unpaired) electrons. The second kappa shape index (κ2) is 6.71. The number of anilines is 4. The second-order valence-corrected chi connectivity index (χ2v) is 7.49. The number of hydrogen-bond donors (Lipinski definition) is 4. The van der Waals surface area contributed by atoms with Crippen molar-refractivity contribution < 1.29 is 0 Å². The molecule has 30 heavy (non-hydrogen) atoms. The lowest BCUT2D eigenvalue weighted by Crippen LogP contribution is -1.97. The normalized spacial score (nSPS) is 11.2. The Morgan fingerprint density at radius 2 is 0.700 bits per heavy atom. The molecule has 0 fully saturated rings. The van der Waals surface area contributed by atoms with E-state index in [4.69, 9.17) is 22.9 Å². The van der Waals surface area contributed by atoms with Crippen LogP contribution in [0.25, 0.3) is 43.8 Å². The van der Waals surface area contributed by atoms with E-state index in [0.717, 1.165) is 43.8 Å². The molecule has 4 heteroatoms. The molecule has 5 rings (SSSR count). The largest absolute Gasteiger partial charge is 0.398 e. The van der Waals surface area contributed by atoms with Crippen LogP contribution >= 0.6 is 0 Å². The van der Waals surface area contributed by atoms with Gasteiger partial charge < -0.3 is 22.9 Å². The van der Waals surface area contributed by atoms with Gasteiger partial charge in [-0.25, -0.2) is 0 Å². The lowest BCUT2D eigenvalue weighted by Gasteiger charge is -2.17. The van der Waals surface area contributed by atoms with Crippen molar-refractivity contribution >= 4 is 44.3 Å². The summed E-state index contributed by atoms with van der Waals surface area (Å²) in [7, 11) is 0. The van der Waals surface area contributed by atoms with Gasteiger partial charge >= 0.3 is 0 Å². The Labute approximate surface area is 174 Å². The van der Waals surface area contributed by atoms with Gasteiger partial charge in [-0.2, -0.15) is 0 Å². The summed E-state index contributed by atoms with van der Waals surface area (Å²) in [5.74, 6) is 0. The molecule has 4 nitrogen and oxygen atoms in total. The molecule has 0 bridgehead atoms. The molecule has 146 valence electrons. The van der Waals surface area contributed by atoms with E-state index in [1.165, 1.54) is 0 Å². The number of nitrogen functional groups attached to an aromatic ring is 4. The molecule has 0 aliphatic carbocycles. The van der Waals surface area contributed by atoms with E-state index >= 15 is 0 Å². The number of rotatable bonds is 2. The molecule has 0 saturated carbocycles. The third-order valence-electron chi connectivity index (χ3n) is 5.72. The average molecular weight is 390 g/mol. The van der Waals surface area contributed by atoms with E-state index in [1.54, 1.807) is 0 Å². The minimum absolute atomic E-state index is 0.697. The molecular weight excluding hydrogens is 368 g/mol. The zero-order valence-electron chi connectivity index (χ0n) is 16.4. The summed E-state index contributed by atoms with van der Waals surface area (Å²) in [5, 5.41) is 4.29. The SMILES string of the molecule is Nc1ccccc1-c1c(N)ccc2c1ccc1c(-c3ccccc3N)c(N)ccc12. The predicted molar refractivity (Wildman–Crippen MR) is 130 cm³/mol. The van der Waals surface area contributed by atoms with Gasteiger partial charge in [0.1, 0.15) is 0 Å². The van der Waals surface area contributed by atoms with Gasteiger partial charge in [0.2, 0.25) is 0 Å². The highest BCUT2D eigenvalue weighted by atomic mass is 14.6. The lowest BCUT2D eigenvalue weighted by atomic mass is 9.89. The van der Waals surface area contributed by atoms with E-state index in [0.29, 0.717) is 22.7 Å². The number of benzene rings is 5. The quantitative estimate of drug-likeness (QED) is 0.231. The standard InChI is InChI=1S/C26H22N4/c27-21-7-3-1-5-19(21)25-17-9-10-18-16(15(17)11-13-23(25)29)12-14-24(30)26(18)20-6-2-4-8-22(20)28/h1-14H,27-30H2. The fourth-order valence-corrected chi connectivity index (χ4v) is 4.31. The van der Waals surface area contributed by atoms with Gasteiger partial charge in [0.25, 0.3) is 0 Å². The topological polar surface area (TPSA) is 104 Å². The van der Waals surface area contributed by atoms with Crippen LogP contribution in [0.4, 0.5) is 22.7 Å². The number of hydrogen-bond acceptors (Lipinski definition) is 4. The minimum Gasteiger partial charge on any atom is -0.398 e. The van der Waals surface area contributed by atoms with Crippen LogP contribution in [0.15, 0.2) is 84.9 Å². The first kappa shape index (κ1) is 17.9. The highest BCUT2D eigenvalue weighted by Gasteiger charge is 2.16. The molecule has 0 spiro atoms. The fraction of sp³-hybridized carbons (Fsp3) is 0. The summed E-state index contributed by atoms with van der Waals surface area (Å²) in [6.07, 6.45) is 0. The van der Waals surface area contributed by atoms with Gasteiger partial charge in [-0.15, -0.1) is 0 Å². The maximum atomic E-state index is 6.40. The van der Waals surface area contributed by atoms with Crippen LogP contribution in [0, 0.1) is 0 Å². The highest BCUT2D eigenvalue weighted by Crippen LogP contribution is 2.43. The zero-order valence-corrected chi connectivity index (χ0v) is 16.4. The van der Waals surface area contributed by atoms with E-state index in [-0.39, 0.29) is 0 Å². The molecule has 0 heterocycles. The van der Waals surface area contributed by atoms with Crippen LogP contribution in [-0.2, 0) is 0 Å². The number of nitrogens with two attached hydrogens (primary N) is 4. The van der Waals surface area contributed by atoms with E-state index in [2.05, 4.69) is 24.3 Å². The molecule has 5 aromatic carbocycles. The predicted octanol–water partition coefficient (Wildman–Crippen LogP) is 5.66. The van der Waals surface area contributed by atoms with Crippen LogP contribution < -0.4 is 22.9 Å². The molecular formula is C26H22N4. The number of fused-ring (bicyclic) bond motifs is 3. The van der Waals surface area contributed by atoms with Crippen molar-refractivity contribution in [2.45, 2.75) is 0 Å². The van der Waals surface area contributed by atoms with Crippen molar-refractivity contribution in [1.29, 1.82) is 0 Å². The first-order chi connectivity index (χ1) is 14.6. The smallest absolute Gasteiger partial charge is 0.0401 e. The van der Waals surface area contributed by atoms with Crippen molar-refractivity contribution in [3.05, 3.63) is 84.9 Å². The first-order valence-electron chi connectivity index (χ1n) is 9.79. The Balaban J connectivity index is 1.89. The van der Waals surface area contributed by atoms with Crippen molar-refractivity contribution in [3.8, 4) is 22.3 Å². The van der Waals surface area contributed by atoms with Crippen LogP contribution in [0.3, 0.4) is 0 Å². The Morgan fingerprint density at radius 1 is 0.333 bits per heavy atom. The Hall–Kier alpha value is -4.18. The van der Waals surface area contributed by atoms with E-state index in [1.807, 2.05) is 60.7 Å². The van der Waals surface area contributed by atoms with Crippen molar-refractivity contribution in [1.82, 2.24) is 0 Å². The van der Waals surface area contributed by atoms with Gasteiger partial charge in [0.15, 0.2) is 0 Å². The first-order valence-corrected chi connectivity index (χ1v) is 9.79. The van der Waals surface area contributed by atoms with Gasteiger partial charge in [-0.1, -0.05) is 60.7 Å². The summed E-state index contributed by atoms with van der Waals surface area (Å²) >= 11 is 0. The Kier molecular flexibility index (Phi) is 4.00. The van der Waals surface area contributed by atoms with Gasteiger partial charge in [0, 0.05) is 45.0 Å². The molecule has 5 aromatic rings. The number of para-hydroxylation sites is 2. The summed E-state index contributed by atoms with van der Waals surface area (Å²) in [5.41, 5.74) is 31.9. The molecule has 0 unspecified atom stereocenters. The van der Waals surface area contributed by atoms with Crippen molar-refractivity contribution in [3.63, 3.8) is 0 Å². The average Bonchev–Trinajstić information content (AvgIpc) is 2.75. The third-order valence-corrected chi connectivity index (χ3v) is 5.72. The highest BCUT2D eigenvalue weighted by molar-refractivity contribution is 6.19. The van der Waals surface area contributed by atoms with Crippen LogP contribution in [-0.4, -0.2) is 0 Å². The third kappa shape index (κ3) is 2.62. The Bertz CT molecular complexity index is 1330. The Morgan fingerprint density at radius 3 is 1.10 bits per heavy atom. The zero-order chi connectivity index (χ0) is 20.8. The van der Waals surface area contributed by atoms with Crippen LogP contribution in [0.1, 0.15) is 0 Å².